The van der Waals surface area contributed by atoms with E-state index in [1.807, 2.05) is 30.3 Å². The summed E-state index contributed by atoms with van der Waals surface area (Å²) in [6, 6.07) is 14.7. The molecule has 0 spiro atoms. The van der Waals surface area contributed by atoms with Crippen LogP contribution in [0.15, 0.2) is 53.4 Å². The highest BCUT2D eigenvalue weighted by atomic mass is 32.2. The van der Waals surface area contributed by atoms with Crippen molar-refractivity contribution in [3.05, 3.63) is 59.7 Å². The Balaban J connectivity index is 1.78. The van der Waals surface area contributed by atoms with Crippen molar-refractivity contribution >= 4 is 21.6 Å². The van der Waals surface area contributed by atoms with Crippen LogP contribution in [0.2, 0.25) is 0 Å². The number of hydrogen-bond acceptors (Lipinski definition) is 4. The van der Waals surface area contributed by atoms with E-state index in [-0.39, 0.29) is 10.8 Å². The smallest absolute Gasteiger partial charge is 0.251 e. The first-order valence-electron chi connectivity index (χ1n) is 8.56. The van der Waals surface area contributed by atoms with Gasteiger partial charge in [0.15, 0.2) is 0 Å². The minimum atomic E-state index is -3.62. The molecule has 1 N–H and O–H groups in total. The molecule has 0 radical (unpaired) electrons. The predicted octanol–water partition coefficient (Wildman–Crippen LogP) is 1.87. The van der Waals surface area contributed by atoms with Crippen LogP contribution in [-0.4, -0.2) is 51.9 Å². The number of nitrogens with zero attached hydrogens (tertiary/aromatic N) is 2. The Morgan fingerprint density at radius 3 is 2.27 bits per heavy atom. The maximum atomic E-state index is 13.0. The Labute approximate surface area is 154 Å². The largest absolute Gasteiger partial charge is 0.369 e. The van der Waals surface area contributed by atoms with E-state index in [0.29, 0.717) is 31.7 Å². The molecule has 7 heteroatoms. The van der Waals surface area contributed by atoms with Crippen molar-refractivity contribution in [3.8, 4) is 0 Å². The molecule has 1 heterocycles. The van der Waals surface area contributed by atoms with E-state index < -0.39 is 10.0 Å². The van der Waals surface area contributed by atoms with Gasteiger partial charge in [-0.25, -0.2) is 8.42 Å². The molecule has 26 heavy (non-hydrogen) atoms. The lowest BCUT2D eigenvalue weighted by molar-refractivity contribution is 0.0962. The number of piperazine rings is 1. The van der Waals surface area contributed by atoms with E-state index in [4.69, 9.17) is 0 Å². The van der Waals surface area contributed by atoms with Crippen molar-refractivity contribution in [1.29, 1.82) is 0 Å². The highest BCUT2D eigenvalue weighted by Gasteiger charge is 2.29. The SMILES string of the molecule is CNC(=O)c1cc(S(=O)(=O)N2CCN(c3ccccc3)CC2)ccc1C. The number of carbonyl (C=O) groups excluding carboxylic acids is 1. The number of sulfonamides is 1. The maximum Gasteiger partial charge on any atom is 0.251 e. The molecule has 1 amide bonds. The first-order valence-corrected chi connectivity index (χ1v) is 10.0. The van der Waals surface area contributed by atoms with E-state index >= 15 is 0 Å². The number of benzene rings is 2. The molecule has 2 aromatic rings. The summed E-state index contributed by atoms with van der Waals surface area (Å²) >= 11 is 0. The van der Waals surface area contributed by atoms with Gasteiger partial charge in [0, 0.05) is 44.5 Å². The first kappa shape index (κ1) is 18.4. The zero-order valence-corrected chi connectivity index (χ0v) is 15.8. The Kier molecular flexibility index (Phi) is 5.29. The number of anilines is 1. The fourth-order valence-corrected chi connectivity index (χ4v) is 4.56. The van der Waals surface area contributed by atoms with Gasteiger partial charge in [0.05, 0.1) is 4.90 Å². The van der Waals surface area contributed by atoms with Crippen molar-refractivity contribution in [2.75, 3.05) is 38.1 Å². The zero-order chi connectivity index (χ0) is 18.7. The molecule has 0 aromatic heterocycles. The van der Waals surface area contributed by atoms with E-state index in [1.165, 1.54) is 17.4 Å². The summed E-state index contributed by atoms with van der Waals surface area (Å²) < 4.78 is 27.5. The van der Waals surface area contributed by atoms with Crippen LogP contribution in [0.3, 0.4) is 0 Å². The molecule has 3 rings (SSSR count). The molecule has 0 unspecified atom stereocenters. The lowest BCUT2D eigenvalue weighted by Crippen LogP contribution is -2.48. The number of amides is 1. The zero-order valence-electron chi connectivity index (χ0n) is 15.0. The van der Waals surface area contributed by atoms with Gasteiger partial charge < -0.3 is 10.2 Å². The third-order valence-corrected chi connectivity index (χ3v) is 6.57. The molecule has 138 valence electrons. The summed E-state index contributed by atoms with van der Waals surface area (Å²) in [4.78, 5) is 14.3. The van der Waals surface area contributed by atoms with Gasteiger partial charge in [-0.15, -0.1) is 0 Å². The fraction of sp³-hybridized carbons (Fsp3) is 0.316. The third kappa shape index (κ3) is 3.59. The van der Waals surface area contributed by atoms with Crippen LogP contribution >= 0.6 is 0 Å². The quantitative estimate of drug-likeness (QED) is 0.888. The minimum absolute atomic E-state index is 0.162. The van der Waals surface area contributed by atoms with Crippen LogP contribution in [-0.2, 0) is 10.0 Å². The average Bonchev–Trinajstić information content (AvgIpc) is 2.68. The topological polar surface area (TPSA) is 69.7 Å². The predicted molar refractivity (Wildman–Crippen MR) is 102 cm³/mol. The number of para-hydroxylation sites is 1. The monoisotopic (exact) mass is 373 g/mol. The highest BCUT2D eigenvalue weighted by Crippen LogP contribution is 2.23. The van der Waals surface area contributed by atoms with Crippen molar-refractivity contribution in [1.82, 2.24) is 9.62 Å². The molecule has 1 saturated heterocycles. The molecule has 1 aliphatic heterocycles. The van der Waals surface area contributed by atoms with Gasteiger partial charge in [-0.1, -0.05) is 24.3 Å². The molecule has 1 fully saturated rings. The Morgan fingerprint density at radius 1 is 1.00 bits per heavy atom. The molecule has 2 aromatic carbocycles. The molecule has 0 aliphatic carbocycles. The van der Waals surface area contributed by atoms with Gasteiger partial charge >= 0.3 is 0 Å². The molecule has 1 aliphatic rings. The maximum absolute atomic E-state index is 13.0. The minimum Gasteiger partial charge on any atom is -0.369 e. The van der Waals surface area contributed by atoms with E-state index in [2.05, 4.69) is 10.2 Å². The molecule has 0 atom stereocenters. The van der Waals surface area contributed by atoms with E-state index in [0.717, 1.165) is 11.3 Å². The second-order valence-corrected chi connectivity index (χ2v) is 8.22. The van der Waals surface area contributed by atoms with Crippen LogP contribution in [0.4, 0.5) is 5.69 Å². The lowest BCUT2D eigenvalue weighted by atomic mass is 10.1. The summed E-state index contributed by atoms with van der Waals surface area (Å²) in [6.45, 7) is 3.90. The van der Waals surface area contributed by atoms with E-state index in [9.17, 15) is 13.2 Å². The average molecular weight is 373 g/mol. The van der Waals surface area contributed by atoms with Gasteiger partial charge in [0.2, 0.25) is 10.0 Å². The normalized spacial score (nSPS) is 15.7. The molecular weight excluding hydrogens is 350 g/mol. The van der Waals surface area contributed by atoms with Gasteiger partial charge in [-0.3, -0.25) is 4.79 Å². The summed E-state index contributed by atoms with van der Waals surface area (Å²) in [5.74, 6) is -0.284. The van der Waals surface area contributed by atoms with Crippen LogP contribution in [0.25, 0.3) is 0 Å². The number of hydrogen-bond donors (Lipinski definition) is 1. The number of carbonyl (C=O) groups is 1. The number of rotatable bonds is 4. The van der Waals surface area contributed by atoms with Crippen LogP contribution in [0.1, 0.15) is 15.9 Å². The van der Waals surface area contributed by atoms with E-state index in [1.54, 1.807) is 19.1 Å². The second kappa shape index (κ2) is 7.47. The van der Waals surface area contributed by atoms with Crippen LogP contribution < -0.4 is 10.2 Å². The van der Waals surface area contributed by atoms with Crippen molar-refractivity contribution < 1.29 is 13.2 Å². The third-order valence-electron chi connectivity index (χ3n) is 4.68. The van der Waals surface area contributed by atoms with Crippen molar-refractivity contribution in [2.45, 2.75) is 11.8 Å². The molecule has 6 nitrogen and oxygen atoms in total. The Hall–Kier alpha value is -2.38. The Morgan fingerprint density at radius 2 is 1.65 bits per heavy atom. The second-order valence-electron chi connectivity index (χ2n) is 6.28. The summed E-state index contributed by atoms with van der Waals surface area (Å²) in [5.41, 5.74) is 2.23. The fourth-order valence-electron chi connectivity index (χ4n) is 3.12. The van der Waals surface area contributed by atoms with Crippen molar-refractivity contribution in [3.63, 3.8) is 0 Å². The molecule has 0 bridgehead atoms. The highest BCUT2D eigenvalue weighted by molar-refractivity contribution is 7.89. The van der Waals surface area contributed by atoms with Gasteiger partial charge in [0.1, 0.15) is 0 Å². The number of aryl methyl sites for hydroxylation is 1. The van der Waals surface area contributed by atoms with Gasteiger partial charge in [0.25, 0.3) is 5.91 Å². The van der Waals surface area contributed by atoms with Crippen LogP contribution in [0, 0.1) is 6.92 Å². The molecule has 0 saturated carbocycles. The molecular formula is C19H23N3O3S. The van der Waals surface area contributed by atoms with Gasteiger partial charge in [-0.2, -0.15) is 4.31 Å². The van der Waals surface area contributed by atoms with Crippen molar-refractivity contribution in [2.24, 2.45) is 0 Å². The first-order chi connectivity index (χ1) is 12.4. The standard InChI is InChI=1S/C19H23N3O3S/c1-15-8-9-17(14-18(15)19(23)20-2)26(24,25)22-12-10-21(11-13-22)16-6-4-3-5-7-16/h3-9,14H,10-13H2,1-2H3,(H,20,23). The summed E-state index contributed by atoms with van der Waals surface area (Å²) in [5, 5.41) is 2.55. The number of nitrogens with one attached hydrogen (secondary N) is 1. The van der Waals surface area contributed by atoms with Crippen LogP contribution in [0.5, 0.6) is 0 Å². The summed E-state index contributed by atoms with van der Waals surface area (Å²) in [7, 11) is -2.09. The summed E-state index contributed by atoms with van der Waals surface area (Å²) in [6.07, 6.45) is 0. The Bertz CT molecular complexity index is 890. The lowest BCUT2D eigenvalue weighted by Gasteiger charge is -2.35. The van der Waals surface area contributed by atoms with Gasteiger partial charge in [-0.05, 0) is 36.8 Å².